The topological polar surface area (TPSA) is 92.5 Å². The maximum absolute atomic E-state index is 12.8. The van der Waals surface area contributed by atoms with E-state index in [0.717, 1.165) is 0 Å². The van der Waals surface area contributed by atoms with Gasteiger partial charge in [0.05, 0.1) is 11.0 Å². The SMILES string of the molecule is O=C(/C=C/c1cccc([N+](=O)[O-])c1)NCC(O)c1ccc(F)cc1. The van der Waals surface area contributed by atoms with Crippen LogP contribution >= 0.6 is 0 Å². The zero-order valence-electron chi connectivity index (χ0n) is 12.6. The van der Waals surface area contributed by atoms with Crippen molar-refractivity contribution in [2.75, 3.05) is 6.54 Å². The maximum atomic E-state index is 12.8. The van der Waals surface area contributed by atoms with Crippen molar-refractivity contribution >= 4 is 17.7 Å². The van der Waals surface area contributed by atoms with E-state index < -0.39 is 22.8 Å². The number of carbonyl (C=O) groups is 1. The number of benzene rings is 2. The number of halogens is 1. The molecule has 0 fully saturated rings. The summed E-state index contributed by atoms with van der Waals surface area (Å²) in [6.07, 6.45) is 1.70. The molecule has 1 atom stereocenters. The number of aliphatic hydroxyl groups is 1. The van der Waals surface area contributed by atoms with Gasteiger partial charge in [0, 0.05) is 24.8 Å². The summed E-state index contributed by atoms with van der Waals surface area (Å²) in [7, 11) is 0. The van der Waals surface area contributed by atoms with E-state index in [1.807, 2.05) is 0 Å². The van der Waals surface area contributed by atoms with Crippen LogP contribution in [0.25, 0.3) is 6.08 Å². The summed E-state index contributed by atoms with van der Waals surface area (Å²) in [5.41, 5.74) is 0.932. The predicted octanol–water partition coefficient (Wildman–Crippen LogP) is 2.60. The van der Waals surface area contributed by atoms with E-state index in [4.69, 9.17) is 0 Å². The van der Waals surface area contributed by atoms with Gasteiger partial charge in [0.25, 0.3) is 5.69 Å². The molecule has 1 unspecified atom stereocenters. The first-order valence-corrected chi connectivity index (χ1v) is 7.09. The molecule has 0 bridgehead atoms. The summed E-state index contributed by atoms with van der Waals surface area (Å²) in [5, 5.41) is 23.1. The summed E-state index contributed by atoms with van der Waals surface area (Å²) in [6.45, 7) is -0.0380. The minimum absolute atomic E-state index is 0.0380. The number of nitro benzene ring substituents is 1. The zero-order chi connectivity index (χ0) is 17.5. The molecule has 6 nitrogen and oxygen atoms in total. The van der Waals surface area contributed by atoms with Gasteiger partial charge >= 0.3 is 0 Å². The molecule has 0 aromatic heterocycles. The smallest absolute Gasteiger partial charge is 0.270 e. The summed E-state index contributed by atoms with van der Waals surface area (Å²) < 4.78 is 12.8. The van der Waals surface area contributed by atoms with Crippen LogP contribution in [0, 0.1) is 15.9 Å². The third kappa shape index (κ3) is 4.99. The fourth-order valence-electron chi connectivity index (χ4n) is 1.97. The van der Waals surface area contributed by atoms with Crippen LogP contribution in [0.3, 0.4) is 0 Å². The fraction of sp³-hybridized carbons (Fsp3) is 0.118. The fourth-order valence-corrected chi connectivity index (χ4v) is 1.97. The molecule has 2 N–H and O–H groups in total. The Morgan fingerprint density at radius 3 is 2.67 bits per heavy atom. The van der Waals surface area contributed by atoms with Gasteiger partial charge in [0.15, 0.2) is 0 Å². The van der Waals surface area contributed by atoms with Gasteiger partial charge in [-0.05, 0) is 29.3 Å². The minimum Gasteiger partial charge on any atom is -0.387 e. The Bertz CT molecular complexity index is 759. The first-order chi connectivity index (χ1) is 11.5. The van der Waals surface area contributed by atoms with E-state index in [1.54, 1.807) is 6.07 Å². The van der Waals surface area contributed by atoms with Gasteiger partial charge in [-0.2, -0.15) is 0 Å². The first-order valence-electron chi connectivity index (χ1n) is 7.09. The highest BCUT2D eigenvalue weighted by molar-refractivity contribution is 5.91. The molecule has 0 aliphatic heterocycles. The number of hydrogen-bond donors (Lipinski definition) is 2. The normalized spacial score (nSPS) is 12.1. The van der Waals surface area contributed by atoms with Gasteiger partial charge in [0.2, 0.25) is 5.91 Å². The van der Waals surface area contributed by atoms with E-state index in [9.17, 15) is 24.4 Å². The Hall–Kier alpha value is -3.06. The highest BCUT2D eigenvalue weighted by Crippen LogP contribution is 2.14. The number of non-ortho nitro benzene ring substituents is 1. The molecular formula is C17H15FN2O4. The third-order valence-corrected chi connectivity index (χ3v) is 3.23. The molecule has 24 heavy (non-hydrogen) atoms. The number of carbonyl (C=O) groups excluding carboxylic acids is 1. The van der Waals surface area contributed by atoms with Gasteiger partial charge in [-0.15, -0.1) is 0 Å². The molecule has 0 spiro atoms. The van der Waals surface area contributed by atoms with E-state index in [-0.39, 0.29) is 12.2 Å². The minimum atomic E-state index is -0.958. The van der Waals surface area contributed by atoms with Crippen LogP contribution in [0.1, 0.15) is 17.2 Å². The second-order valence-corrected chi connectivity index (χ2v) is 5.00. The van der Waals surface area contributed by atoms with Crippen molar-refractivity contribution in [2.45, 2.75) is 6.10 Å². The quantitative estimate of drug-likeness (QED) is 0.484. The van der Waals surface area contributed by atoms with Crippen molar-refractivity contribution in [2.24, 2.45) is 0 Å². The van der Waals surface area contributed by atoms with Gasteiger partial charge in [-0.25, -0.2) is 4.39 Å². The van der Waals surface area contributed by atoms with Crippen LogP contribution in [0.2, 0.25) is 0 Å². The third-order valence-electron chi connectivity index (χ3n) is 3.23. The summed E-state index contributed by atoms with van der Waals surface area (Å²) in [4.78, 5) is 21.9. The molecule has 7 heteroatoms. The number of amides is 1. The second-order valence-electron chi connectivity index (χ2n) is 5.00. The van der Waals surface area contributed by atoms with Crippen LogP contribution in [-0.2, 0) is 4.79 Å². The average molecular weight is 330 g/mol. The van der Waals surface area contributed by atoms with E-state index in [2.05, 4.69) is 5.32 Å². The lowest BCUT2D eigenvalue weighted by Gasteiger charge is -2.11. The zero-order valence-corrected chi connectivity index (χ0v) is 12.6. The summed E-state index contributed by atoms with van der Waals surface area (Å²) in [6, 6.07) is 11.2. The van der Waals surface area contributed by atoms with Crippen LogP contribution in [0.4, 0.5) is 10.1 Å². The lowest BCUT2D eigenvalue weighted by Crippen LogP contribution is -2.26. The molecule has 124 valence electrons. The molecule has 0 saturated heterocycles. The number of nitrogens with zero attached hydrogens (tertiary/aromatic N) is 1. The van der Waals surface area contributed by atoms with E-state index in [0.29, 0.717) is 11.1 Å². The Labute approximate surface area is 137 Å². The number of nitrogens with one attached hydrogen (secondary N) is 1. The van der Waals surface area contributed by atoms with Gasteiger partial charge < -0.3 is 10.4 Å². The lowest BCUT2D eigenvalue weighted by molar-refractivity contribution is -0.384. The number of hydrogen-bond acceptors (Lipinski definition) is 4. The Morgan fingerprint density at radius 2 is 2.00 bits per heavy atom. The average Bonchev–Trinajstić information content (AvgIpc) is 2.58. The molecule has 0 aliphatic carbocycles. The standard InChI is InChI=1S/C17H15FN2O4/c18-14-7-5-13(6-8-14)16(21)11-19-17(22)9-4-12-2-1-3-15(10-12)20(23)24/h1-10,16,21H,11H2,(H,19,22)/b9-4+. The molecule has 0 radical (unpaired) electrons. The number of aliphatic hydroxyl groups excluding tert-OH is 1. The van der Waals surface area contributed by atoms with Crippen LogP contribution in [0.5, 0.6) is 0 Å². The highest BCUT2D eigenvalue weighted by Gasteiger charge is 2.08. The first kappa shape index (κ1) is 17.3. The van der Waals surface area contributed by atoms with Gasteiger partial charge in [-0.1, -0.05) is 24.3 Å². The van der Waals surface area contributed by atoms with Crippen LogP contribution in [-0.4, -0.2) is 22.5 Å². The largest absolute Gasteiger partial charge is 0.387 e. The van der Waals surface area contributed by atoms with Crippen molar-refractivity contribution in [3.63, 3.8) is 0 Å². The van der Waals surface area contributed by atoms with Crippen molar-refractivity contribution in [3.05, 3.63) is 81.7 Å². The molecule has 0 aliphatic rings. The van der Waals surface area contributed by atoms with Crippen molar-refractivity contribution in [1.82, 2.24) is 5.32 Å². The Balaban J connectivity index is 1.89. The predicted molar refractivity (Wildman–Crippen MR) is 86.5 cm³/mol. The van der Waals surface area contributed by atoms with E-state index >= 15 is 0 Å². The Kier molecular flexibility index (Phi) is 5.75. The molecule has 2 rings (SSSR count). The number of nitro groups is 1. The highest BCUT2D eigenvalue weighted by atomic mass is 19.1. The van der Waals surface area contributed by atoms with Crippen LogP contribution in [0.15, 0.2) is 54.6 Å². The van der Waals surface area contributed by atoms with Gasteiger partial charge in [-0.3, -0.25) is 14.9 Å². The molecule has 2 aromatic rings. The summed E-state index contributed by atoms with van der Waals surface area (Å²) in [5.74, 6) is -0.863. The molecular weight excluding hydrogens is 315 g/mol. The lowest BCUT2D eigenvalue weighted by atomic mass is 10.1. The molecule has 0 heterocycles. The number of rotatable bonds is 6. The van der Waals surface area contributed by atoms with E-state index in [1.165, 1.54) is 54.6 Å². The summed E-state index contributed by atoms with van der Waals surface area (Å²) >= 11 is 0. The van der Waals surface area contributed by atoms with Crippen molar-refractivity contribution in [1.29, 1.82) is 0 Å². The Morgan fingerprint density at radius 1 is 1.29 bits per heavy atom. The second kappa shape index (κ2) is 7.98. The van der Waals surface area contributed by atoms with Crippen molar-refractivity contribution < 1.29 is 19.2 Å². The molecule has 1 amide bonds. The van der Waals surface area contributed by atoms with Crippen LogP contribution < -0.4 is 5.32 Å². The molecule has 0 saturated carbocycles. The van der Waals surface area contributed by atoms with Crippen molar-refractivity contribution in [3.8, 4) is 0 Å². The monoisotopic (exact) mass is 330 g/mol. The maximum Gasteiger partial charge on any atom is 0.270 e. The van der Waals surface area contributed by atoms with Gasteiger partial charge in [0.1, 0.15) is 5.82 Å². The molecule has 2 aromatic carbocycles.